The Hall–Kier alpha value is -3.08. The van der Waals surface area contributed by atoms with Crippen molar-refractivity contribution in [3.05, 3.63) is 99.2 Å². The Morgan fingerprint density at radius 2 is 1.76 bits per heavy atom. The molecule has 4 nitrogen and oxygen atoms in total. The Morgan fingerprint density at radius 1 is 0.966 bits per heavy atom. The van der Waals surface area contributed by atoms with Crippen LogP contribution in [0.4, 0.5) is 0 Å². The zero-order chi connectivity index (χ0) is 20.4. The molecular formula is C23H14Cl2O4. The number of hydrogen-bond donors (Lipinski definition) is 0. The van der Waals surface area contributed by atoms with Crippen LogP contribution in [-0.2, 0) is 11.2 Å². The van der Waals surface area contributed by atoms with Gasteiger partial charge in [-0.15, -0.1) is 0 Å². The van der Waals surface area contributed by atoms with Gasteiger partial charge >= 0.3 is 5.97 Å². The van der Waals surface area contributed by atoms with Crippen LogP contribution < -0.4 is 9.47 Å². The van der Waals surface area contributed by atoms with E-state index in [1.54, 1.807) is 36.4 Å². The lowest BCUT2D eigenvalue weighted by Crippen LogP contribution is -2.11. The van der Waals surface area contributed by atoms with Gasteiger partial charge in [0.05, 0.1) is 22.0 Å². The van der Waals surface area contributed by atoms with Crippen LogP contribution in [0.3, 0.4) is 0 Å². The summed E-state index contributed by atoms with van der Waals surface area (Å²) in [4.78, 5) is 24.7. The molecule has 6 heteroatoms. The van der Waals surface area contributed by atoms with Crippen LogP contribution >= 0.6 is 23.2 Å². The average molecular weight is 425 g/mol. The molecule has 0 atom stereocenters. The first kappa shape index (κ1) is 19.2. The first-order valence-electron chi connectivity index (χ1n) is 8.77. The van der Waals surface area contributed by atoms with Gasteiger partial charge in [-0.2, -0.15) is 0 Å². The summed E-state index contributed by atoms with van der Waals surface area (Å²) in [5, 5.41) is 0.814. The van der Waals surface area contributed by atoms with Crippen molar-refractivity contribution >= 4 is 41.0 Å². The predicted octanol–water partition coefficient (Wildman–Crippen LogP) is 5.76. The molecule has 0 saturated heterocycles. The van der Waals surface area contributed by atoms with E-state index in [0.717, 1.165) is 5.56 Å². The normalized spacial score (nSPS) is 13.9. The molecule has 3 aromatic rings. The predicted molar refractivity (Wildman–Crippen MR) is 112 cm³/mol. The van der Waals surface area contributed by atoms with Crippen LogP contribution in [-0.4, -0.2) is 11.8 Å². The van der Waals surface area contributed by atoms with Crippen molar-refractivity contribution < 1.29 is 19.1 Å². The topological polar surface area (TPSA) is 52.6 Å². The van der Waals surface area contributed by atoms with E-state index < -0.39 is 5.97 Å². The van der Waals surface area contributed by atoms with Crippen molar-refractivity contribution in [3.8, 4) is 11.5 Å². The van der Waals surface area contributed by atoms with Crippen LogP contribution in [0.2, 0.25) is 10.0 Å². The van der Waals surface area contributed by atoms with Gasteiger partial charge < -0.3 is 9.47 Å². The molecular weight excluding hydrogens is 411 g/mol. The molecule has 0 N–H and O–H groups in total. The molecule has 4 rings (SSSR count). The fourth-order valence-corrected chi connectivity index (χ4v) is 3.22. The van der Waals surface area contributed by atoms with Crippen molar-refractivity contribution in [2.45, 2.75) is 6.42 Å². The summed E-state index contributed by atoms with van der Waals surface area (Å²) in [6.07, 6.45) is 1.74. The number of benzene rings is 3. The summed E-state index contributed by atoms with van der Waals surface area (Å²) >= 11 is 11.9. The molecule has 0 saturated carbocycles. The number of allylic oxidation sites excluding steroid dienone is 1. The molecule has 0 fully saturated rings. The van der Waals surface area contributed by atoms with Crippen molar-refractivity contribution in [3.63, 3.8) is 0 Å². The van der Waals surface area contributed by atoms with E-state index in [1.165, 1.54) is 6.07 Å². The van der Waals surface area contributed by atoms with E-state index in [1.807, 2.05) is 30.3 Å². The number of halogens is 2. The molecule has 0 aromatic heterocycles. The zero-order valence-corrected chi connectivity index (χ0v) is 16.5. The monoisotopic (exact) mass is 424 g/mol. The van der Waals surface area contributed by atoms with Gasteiger partial charge in [-0.1, -0.05) is 59.6 Å². The van der Waals surface area contributed by atoms with Gasteiger partial charge in [0.25, 0.3) is 0 Å². The molecule has 0 aliphatic carbocycles. The van der Waals surface area contributed by atoms with Gasteiger partial charge in [0.2, 0.25) is 5.78 Å². The lowest BCUT2D eigenvalue weighted by Gasteiger charge is -2.06. The van der Waals surface area contributed by atoms with E-state index in [-0.39, 0.29) is 18.0 Å². The van der Waals surface area contributed by atoms with E-state index in [4.69, 9.17) is 32.7 Å². The van der Waals surface area contributed by atoms with Crippen LogP contribution in [0.5, 0.6) is 11.5 Å². The van der Waals surface area contributed by atoms with Gasteiger partial charge in [0.1, 0.15) is 11.5 Å². The highest BCUT2D eigenvalue weighted by Gasteiger charge is 2.28. The molecule has 0 amide bonds. The van der Waals surface area contributed by atoms with E-state index in [2.05, 4.69) is 0 Å². The Balaban J connectivity index is 1.50. The van der Waals surface area contributed by atoms with Crippen LogP contribution in [0.1, 0.15) is 21.5 Å². The van der Waals surface area contributed by atoms with E-state index >= 15 is 0 Å². The number of rotatable bonds is 4. The van der Waals surface area contributed by atoms with Crippen molar-refractivity contribution in [2.24, 2.45) is 0 Å². The lowest BCUT2D eigenvalue weighted by atomic mass is 10.1. The molecule has 0 spiro atoms. The summed E-state index contributed by atoms with van der Waals surface area (Å²) in [6.45, 7) is 0. The molecule has 0 radical (unpaired) electrons. The largest absolute Gasteiger partial charge is 0.452 e. The molecule has 0 bridgehead atoms. The third-order valence-corrected chi connectivity index (χ3v) is 5.04. The van der Waals surface area contributed by atoms with Crippen molar-refractivity contribution in [1.29, 1.82) is 0 Å². The van der Waals surface area contributed by atoms with Crippen LogP contribution in [0.25, 0.3) is 6.08 Å². The Labute approximate surface area is 177 Å². The van der Waals surface area contributed by atoms with E-state index in [0.29, 0.717) is 32.7 Å². The minimum absolute atomic E-state index is 0.153. The highest BCUT2D eigenvalue weighted by atomic mass is 35.5. The third-order valence-electron chi connectivity index (χ3n) is 4.31. The quantitative estimate of drug-likeness (QED) is 0.303. The highest BCUT2D eigenvalue weighted by molar-refractivity contribution is 6.42. The summed E-state index contributed by atoms with van der Waals surface area (Å²) in [6, 6.07) is 19.0. The fourth-order valence-electron chi connectivity index (χ4n) is 2.91. The molecule has 1 heterocycles. The first-order chi connectivity index (χ1) is 14.0. The van der Waals surface area contributed by atoms with Gasteiger partial charge in [0.15, 0.2) is 5.76 Å². The molecule has 1 aliphatic rings. The second kappa shape index (κ2) is 8.11. The Kier molecular flexibility index (Phi) is 5.38. The van der Waals surface area contributed by atoms with Crippen molar-refractivity contribution in [2.75, 3.05) is 0 Å². The number of ether oxygens (including phenoxy) is 2. The minimum Gasteiger partial charge on any atom is -0.452 e. The maximum Gasteiger partial charge on any atom is 0.315 e. The number of esters is 1. The number of carbonyl (C=O) groups excluding carboxylic acids is 2. The third kappa shape index (κ3) is 4.34. The standard InChI is InChI=1S/C23H14Cl2O4/c24-18-9-6-15(10-19(18)25)11-21-23(27)17-8-7-16(13-20(17)29-21)28-22(26)12-14-4-2-1-3-5-14/h1-11,13H,12H2/b21-11-. The lowest BCUT2D eigenvalue weighted by molar-refractivity contribution is -0.133. The summed E-state index contributed by atoms with van der Waals surface area (Å²) < 4.78 is 11.1. The second-order valence-corrected chi connectivity index (χ2v) is 7.22. The maximum absolute atomic E-state index is 12.6. The number of fused-ring (bicyclic) bond motifs is 1. The van der Waals surface area contributed by atoms with Crippen LogP contribution in [0, 0.1) is 0 Å². The fraction of sp³-hybridized carbons (Fsp3) is 0.0435. The summed E-state index contributed by atoms with van der Waals surface area (Å²) in [7, 11) is 0. The van der Waals surface area contributed by atoms with Gasteiger partial charge in [-0.3, -0.25) is 9.59 Å². The first-order valence-corrected chi connectivity index (χ1v) is 9.53. The maximum atomic E-state index is 12.6. The smallest absolute Gasteiger partial charge is 0.315 e. The zero-order valence-electron chi connectivity index (χ0n) is 15.0. The second-order valence-electron chi connectivity index (χ2n) is 6.41. The molecule has 29 heavy (non-hydrogen) atoms. The number of Topliss-reactive ketones (excluding diaryl/α,β-unsaturated/α-hetero) is 1. The number of hydrogen-bond acceptors (Lipinski definition) is 4. The van der Waals surface area contributed by atoms with Crippen molar-refractivity contribution in [1.82, 2.24) is 0 Å². The minimum atomic E-state index is -0.396. The SMILES string of the molecule is O=C(Cc1ccccc1)Oc1ccc2c(c1)O/C(=C\c1ccc(Cl)c(Cl)c1)C2=O. The summed E-state index contributed by atoms with van der Waals surface area (Å²) in [5.41, 5.74) is 1.95. The molecule has 0 unspecified atom stereocenters. The Bertz CT molecular complexity index is 1140. The van der Waals surface area contributed by atoms with Crippen LogP contribution in [0.15, 0.2) is 72.5 Å². The van der Waals surface area contributed by atoms with Gasteiger partial charge in [-0.25, -0.2) is 0 Å². The summed E-state index contributed by atoms with van der Waals surface area (Å²) in [5.74, 6) is 0.158. The van der Waals surface area contributed by atoms with Gasteiger partial charge in [-0.05, 0) is 41.5 Å². The molecule has 1 aliphatic heterocycles. The van der Waals surface area contributed by atoms with Gasteiger partial charge in [0, 0.05) is 6.07 Å². The average Bonchev–Trinajstić information content (AvgIpc) is 3.00. The molecule has 144 valence electrons. The number of carbonyl (C=O) groups is 2. The number of ketones is 1. The van der Waals surface area contributed by atoms with E-state index in [9.17, 15) is 9.59 Å². The highest BCUT2D eigenvalue weighted by Crippen LogP contribution is 2.35. The Morgan fingerprint density at radius 3 is 2.52 bits per heavy atom. The molecule has 3 aromatic carbocycles.